The number of nitrogens with one attached hydrogen (secondary N) is 2. The maximum Gasteiger partial charge on any atom is 0.268 e. The highest BCUT2D eigenvalue weighted by molar-refractivity contribution is 7.15. The van der Waals surface area contributed by atoms with Crippen molar-refractivity contribution in [2.75, 3.05) is 11.9 Å². The number of nitrogens with zero attached hydrogens (tertiary/aromatic N) is 3. The summed E-state index contributed by atoms with van der Waals surface area (Å²) in [5, 5.41) is 16.5. The zero-order chi connectivity index (χ0) is 24.2. The fourth-order valence-electron chi connectivity index (χ4n) is 3.10. The number of hydrogen-bond acceptors (Lipinski definition) is 8. The molecule has 0 saturated heterocycles. The Morgan fingerprint density at radius 1 is 0.971 bits per heavy atom. The van der Waals surface area contributed by atoms with Crippen molar-refractivity contribution < 1.29 is 9.59 Å². The van der Waals surface area contributed by atoms with E-state index in [0.29, 0.717) is 24.6 Å². The number of rotatable bonds is 12. The average molecular weight is 480 g/mol. The third-order valence-electron chi connectivity index (χ3n) is 4.84. The monoisotopic (exact) mass is 479 g/mol. The molecule has 0 aliphatic rings. The van der Waals surface area contributed by atoms with Crippen molar-refractivity contribution in [3.8, 4) is 0 Å². The molecule has 0 unspecified atom stereocenters. The van der Waals surface area contributed by atoms with Gasteiger partial charge in [-0.1, -0.05) is 72.0 Å². The van der Waals surface area contributed by atoms with Gasteiger partial charge in [0.2, 0.25) is 11.0 Å². The second-order valence-corrected chi connectivity index (χ2v) is 8.72. The van der Waals surface area contributed by atoms with Gasteiger partial charge < -0.3 is 21.4 Å². The second kappa shape index (κ2) is 13.1. The number of unbranched alkanes of at least 4 members (excludes halogenated alkanes) is 1. The summed E-state index contributed by atoms with van der Waals surface area (Å²) >= 11 is 1.36. The van der Waals surface area contributed by atoms with E-state index < -0.39 is 0 Å². The molecule has 3 rings (SSSR count). The first kappa shape index (κ1) is 24.9. The van der Waals surface area contributed by atoms with Crippen LogP contribution in [0.5, 0.6) is 0 Å². The number of benzene rings is 2. The molecule has 34 heavy (non-hydrogen) atoms. The molecule has 0 aliphatic carbocycles. The van der Waals surface area contributed by atoms with Crippen molar-refractivity contribution >= 4 is 28.3 Å². The Morgan fingerprint density at radius 2 is 1.65 bits per heavy atom. The van der Waals surface area contributed by atoms with Crippen LogP contribution in [-0.4, -0.2) is 33.6 Å². The number of amides is 2. The molecule has 2 amide bonds. The quantitative estimate of drug-likeness (QED) is 0.135. The predicted octanol–water partition coefficient (Wildman–Crippen LogP) is 2.33. The van der Waals surface area contributed by atoms with Crippen molar-refractivity contribution in [3.05, 3.63) is 88.7 Å². The number of hydrogen-bond donors (Lipinski definition) is 4. The topological polar surface area (TPSA) is 139 Å². The van der Waals surface area contributed by atoms with Gasteiger partial charge in [0.15, 0.2) is 0 Å². The summed E-state index contributed by atoms with van der Waals surface area (Å²) < 4.78 is 0. The molecule has 0 radical (unpaired) electrons. The van der Waals surface area contributed by atoms with Crippen LogP contribution in [0.4, 0.5) is 5.13 Å². The second-order valence-electron chi connectivity index (χ2n) is 7.66. The molecule has 0 fully saturated rings. The van der Waals surface area contributed by atoms with E-state index in [1.165, 1.54) is 22.5 Å². The highest BCUT2D eigenvalue weighted by Gasteiger charge is 2.10. The molecule has 2 aromatic carbocycles. The van der Waals surface area contributed by atoms with Crippen molar-refractivity contribution in [2.24, 2.45) is 11.6 Å². The van der Waals surface area contributed by atoms with Gasteiger partial charge in [-0.3, -0.25) is 9.59 Å². The summed E-state index contributed by atoms with van der Waals surface area (Å²) in [4.78, 5) is 24.3. The van der Waals surface area contributed by atoms with Gasteiger partial charge in [-0.05, 0) is 24.0 Å². The highest BCUT2D eigenvalue weighted by atomic mass is 32.1. The molecule has 9 nitrogen and oxygen atoms in total. The number of carbonyl (C=O) groups is 2. The lowest BCUT2D eigenvalue weighted by atomic mass is 10.1. The van der Waals surface area contributed by atoms with Gasteiger partial charge in [0.1, 0.15) is 10.7 Å². The van der Waals surface area contributed by atoms with Crippen molar-refractivity contribution in [1.82, 2.24) is 20.5 Å². The van der Waals surface area contributed by atoms with E-state index in [1.54, 1.807) is 0 Å². The molecule has 1 aromatic heterocycles. The normalized spacial score (nSPS) is 11.1. The van der Waals surface area contributed by atoms with Gasteiger partial charge in [-0.2, -0.15) is 0 Å². The summed E-state index contributed by atoms with van der Waals surface area (Å²) in [6.07, 6.45) is 4.06. The first-order valence-electron chi connectivity index (χ1n) is 11.0. The van der Waals surface area contributed by atoms with Gasteiger partial charge in [-0.25, -0.2) is 5.84 Å². The minimum absolute atomic E-state index is 0.0541. The summed E-state index contributed by atoms with van der Waals surface area (Å²) in [5.74, 6) is 5.46. The molecule has 0 saturated carbocycles. The Balaban J connectivity index is 1.33. The van der Waals surface area contributed by atoms with Crippen LogP contribution in [0.2, 0.25) is 0 Å². The number of nitrogens with two attached hydrogens (primary N) is 2. The van der Waals surface area contributed by atoms with Gasteiger partial charge in [0.05, 0.1) is 6.42 Å². The lowest BCUT2D eigenvalue weighted by Gasteiger charge is -2.14. The maximum atomic E-state index is 12.1. The van der Waals surface area contributed by atoms with Gasteiger partial charge >= 0.3 is 0 Å². The van der Waals surface area contributed by atoms with Crippen molar-refractivity contribution in [1.29, 1.82) is 0 Å². The molecule has 0 atom stereocenters. The number of hydrazine groups is 1. The Hall–Kier alpha value is -3.76. The molecule has 0 bridgehead atoms. The third kappa shape index (κ3) is 8.64. The standard InChI is InChI=1S/C24H29N7O2S/c25-20(23(33)27-16-19-11-5-2-6-12-19)17-31(26)14-8-7-13-22-29-30-24(34-22)28-21(32)15-18-9-3-1-4-10-18/h1-6,9-12,17H,7-8,13-16,25-26H2,(H,27,33)(H,28,30,32)/b20-17-. The summed E-state index contributed by atoms with van der Waals surface area (Å²) in [6.45, 7) is 0.932. The van der Waals surface area contributed by atoms with E-state index in [4.69, 9.17) is 11.6 Å². The van der Waals surface area contributed by atoms with Crippen LogP contribution >= 0.6 is 11.3 Å². The van der Waals surface area contributed by atoms with Gasteiger partial charge in [0.25, 0.3) is 5.91 Å². The Morgan fingerprint density at radius 3 is 2.35 bits per heavy atom. The van der Waals surface area contributed by atoms with Crippen LogP contribution in [0.1, 0.15) is 29.0 Å². The summed E-state index contributed by atoms with van der Waals surface area (Å²) in [6, 6.07) is 19.1. The highest BCUT2D eigenvalue weighted by Crippen LogP contribution is 2.17. The Kier molecular flexibility index (Phi) is 9.56. The van der Waals surface area contributed by atoms with Gasteiger partial charge in [0, 0.05) is 25.7 Å². The molecule has 0 spiro atoms. The van der Waals surface area contributed by atoms with Crippen LogP contribution in [0.3, 0.4) is 0 Å². The molecule has 0 aliphatic heterocycles. The average Bonchev–Trinajstić information content (AvgIpc) is 3.28. The van der Waals surface area contributed by atoms with E-state index in [2.05, 4.69) is 20.8 Å². The van der Waals surface area contributed by atoms with Crippen LogP contribution in [-0.2, 0) is 29.0 Å². The number of aromatic nitrogens is 2. The van der Waals surface area contributed by atoms with E-state index in [9.17, 15) is 9.59 Å². The largest absolute Gasteiger partial charge is 0.393 e. The Bertz CT molecular complexity index is 1090. The van der Waals surface area contributed by atoms with Crippen molar-refractivity contribution in [2.45, 2.75) is 32.2 Å². The van der Waals surface area contributed by atoms with E-state index in [-0.39, 0.29) is 17.5 Å². The number of aryl methyl sites for hydroxylation is 1. The zero-order valence-electron chi connectivity index (χ0n) is 18.8. The first-order valence-corrected chi connectivity index (χ1v) is 11.8. The molecule has 178 valence electrons. The smallest absolute Gasteiger partial charge is 0.268 e. The minimum atomic E-state index is -0.366. The van der Waals surface area contributed by atoms with Crippen LogP contribution in [0.15, 0.2) is 72.6 Å². The summed E-state index contributed by atoms with van der Waals surface area (Å²) in [7, 11) is 0. The molecule has 1 heterocycles. The third-order valence-corrected chi connectivity index (χ3v) is 5.74. The number of anilines is 1. The molecule has 10 heteroatoms. The van der Waals surface area contributed by atoms with Crippen LogP contribution in [0, 0.1) is 0 Å². The van der Waals surface area contributed by atoms with Crippen LogP contribution < -0.4 is 22.2 Å². The summed E-state index contributed by atoms with van der Waals surface area (Å²) in [5.41, 5.74) is 7.83. The first-order chi connectivity index (χ1) is 16.5. The lowest BCUT2D eigenvalue weighted by molar-refractivity contribution is -0.118. The van der Waals surface area contributed by atoms with Gasteiger partial charge in [-0.15, -0.1) is 10.2 Å². The van der Waals surface area contributed by atoms with E-state index in [1.807, 2.05) is 60.7 Å². The van der Waals surface area contributed by atoms with E-state index >= 15 is 0 Å². The molecule has 6 N–H and O–H groups in total. The fraction of sp³-hybridized carbons (Fsp3) is 0.250. The predicted molar refractivity (Wildman–Crippen MR) is 133 cm³/mol. The van der Waals surface area contributed by atoms with Crippen LogP contribution in [0.25, 0.3) is 0 Å². The van der Waals surface area contributed by atoms with E-state index in [0.717, 1.165) is 35.4 Å². The maximum absolute atomic E-state index is 12.1. The SMILES string of the molecule is N/C(=C\N(N)CCCCc1nnc(NC(=O)Cc2ccccc2)s1)C(=O)NCc1ccccc1. The minimum Gasteiger partial charge on any atom is -0.393 e. The molecular weight excluding hydrogens is 450 g/mol. The molecular formula is C24H29N7O2S. The zero-order valence-corrected chi connectivity index (χ0v) is 19.6. The Labute approximate surface area is 202 Å². The fourth-order valence-corrected chi connectivity index (χ4v) is 3.90. The lowest BCUT2D eigenvalue weighted by Crippen LogP contribution is -2.33. The van der Waals surface area contributed by atoms with Crippen molar-refractivity contribution in [3.63, 3.8) is 0 Å². The number of carbonyl (C=O) groups excluding carboxylic acids is 2. The molecule has 3 aromatic rings.